The Hall–Kier alpha value is -4.41. The van der Waals surface area contributed by atoms with Crippen molar-refractivity contribution in [3.8, 4) is 17.2 Å². The SMILES string of the molecule is COc1ccc2c(c1)[C@@](O)([C@H](C)/C=C/CC(=O)N1CCC[C@H]1CO)C(=O)N2Cc1cccc(-n2cccc(OC)c2=O)c1. The van der Waals surface area contributed by atoms with E-state index in [2.05, 4.69) is 0 Å². The van der Waals surface area contributed by atoms with E-state index in [4.69, 9.17) is 9.47 Å². The van der Waals surface area contributed by atoms with Crippen molar-refractivity contribution in [2.45, 2.75) is 44.4 Å². The number of carbonyl (C=O) groups is 2. The van der Waals surface area contributed by atoms with E-state index in [9.17, 15) is 24.6 Å². The monoisotopic (exact) mass is 587 g/mol. The van der Waals surface area contributed by atoms with E-state index in [1.165, 1.54) is 23.7 Å². The highest BCUT2D eigenvalue weighted by Crippen LogP contribution is 2.47. The maximum Gasteiger partial charge on any atom is 0.297 e. The molecule has 2 aromatic carbocycles. The lowest BCUT2D eigenvalue weighted by Gasteiger charge is -2.28. The summed E-state index contributed by atoms with van der Waals surface area (Å²) in [5.41, 5.74) is 0.135. The van der Waals surface area contributed by atoms with E-state index in [1.807, 2.05) is 18.2 Å². The van der Waals surface area contributed by atoms with Crippen molar-refractivity contribution < 1.29 is 29.3 Å². The van der Waals surface area contributed by atoms with Gasteiger partial charge in [0.25, 0.3) is 11.5 Å². The Bertz CT molecular complexity index is 1600. The van der Waals surface area contributed by atoms with Crippen LogP contribution in [0, 0.1) is 5.92 Å². The van der Waals surface area contributed by atoms with Crippen LogP contribution in [0.3, 0.4) is 0 Å². The Kier molecular flexibility index (Phi) is 8.70. The molecule has 3 atom stereocenters. The first-order valence-electron chi connectivity index (χ1n) is 14.4. The van der Waals surface area contributed by atoms with Gasteiger partial charge in [0.1, 0.15) is 5.75 Å². The second kappa shape index (κ2) is 12.4. The third-order valence-electron chi connectivity index (χ3n) is 8.42. The summed E-state index contributed by atoms with van der Waals surface area (Å²) < 4.78 is 12.1. The molecule has 5 rings (SSSR count). The molecule has 2 N–H and O–H groups in total. The van der Waals surface area contributed by atoms with Gasteiger partial charge in [-0.25, -0.2) is 0 Å². The summed E-state index contributed by atoms with van der Waals surface area (Å²) in [5, 5.41) is 21.6. The fraction of sp³-hybridized carbons (Fsp3) is 0.364. The van der Waals surface area contributed by atoms with Crippen LogP contribution in [0.1, 0.15) is 37.3 Å². The quantitative estimate of drug-likeness (QED) is 0.350. The van der Waals surface area contributed by atoms with Gasteiger partial charge in [-0.05, 0) is 60.9 Å². The topological polar surface area (TPSA) is 122 Å². The molecule has 10 nitrogen and oxygen atoms in total. The minimum absolute atomic E-state index is 0.0618. The van der Waals surface area contributed by atoms with Crippen molar-refractivity contribution in [2.75, 3.05) is 32.3 Å². The van der Waals surface area contributed by atoms with Crippen LogP contribution in [0.15, 0.2) is 77.7 Å². The standard InChI is InChI=1S/C33H37N3O7/c1-22(8-4-13-30(38)34-16-6-11-25(34)21-37)33(41)27-19-26(42-2)14-15-28(27)36(32(33)40)20-23-9-5-10-24(18-23)35-17-7-12-29(43-3)31(35)39/h4-5,7-10,12,14-15,17-19,22,25,37,41H,6,11,13,16,20-21H2,1-3H3/b8-4+/t22-,25+,33+/m1/s1. The van der Waals surface area contributed by atoms with Crippen molar-refractivity contribution in [3.63, 3.8) is 0 Å². The summed E-state index contributed by atoms with van der Waals surface area (Å²) >= 11 is 0. The third-order valence-corrected chi connectivity index (χ3v) is 8.42. The number of pyridine rings is 1. The number of methoxy groups -OCH3 is 2. The molecule has 1 aromatic heterocycles. The number of fused-ring (bicyclic) bond motifs is 1. The predicted molar refractivity (Wildman–Crippen MR) is 161 cm³/mol. The Labute approximate surface area is 250 Å². The summed E-state index contributed by atoms with van der Waals surface area (Å²) in [6, 6.07) is 15.6. The van der Waals surface area contributed by atoms with Crippen molar-refractivity contribution in [2.24, 2.45) is 5.92 Å². The fourth-order valence-corrected chi connectivity index (χ4v) is 6.01. The van der Waals surface area contributed by atoms with E-state index in [0.717, 1.165) is 18.4 Å². The van der Waals surface area contributed by atoms with Gasteiger partial charge >= 0.3 is 0 Å². The van der Waals surface area contributed by atoms with Gasteiger partial charge < -0.3 is 29.5 Å². The number of rotatable bonds is 10. The van der Waals surface area contributed by atoms with Crippen LogP contribution in [-0.4, -0.2) is 64.9 Å². The second-order valence-corrected chi connectivity index (χ2v) is 10.9. The molecular formula is C33H37N3O7. The number of hydrogen-bond donors (Lipinski definition) is 2. The zero-order valence-electron chi connectivity index (χ0n) is 24.6. The van der Waals surface area contributed by atoms with Crippen molar-refractivity contribution in [3.05, 3.63) is 94.4 Å². The van der Waals surface area contributed by atoms with Gasteiger partial charge in [-0.1, -0.05) is 31.2 Å². The van der Waals surface area contributed by atoms with Crippen LogP contribution in [0.4, 0.5) is 5.69 Å². The number of benzene rings is 2. The van der Waals surface area contributed by atoms with Crippen LogP contribution < -0.4 is 19.9 Å². The first-order chi connectivity index (χ1) is 20.7. The summed E-state index contributed by atoms with van der Waals surface area (Å²) in [6.45, 7) is 2.45. The van der Waals surface area contributed by atoms with Gasteiger partial charge in [0.2, 0.25) is 5.91 Å². The molecule has 2 amide bonds. The summed E-state index contributed by atoms with van der Waals surface area (Å²) in [5.74, 6) is -0.543. The van der Waals surface area contributed by atoms with E-state index in [-0.39, 0.29) is 42.8 Å². The number of amides is 2. The summed E-state index contributed by atoms with van der Waals surface area (Å²) in [6.07, 6.45) is 6.78. The van der Waals surface area contributed by atoms with Crippen molar-refractivity contribution in [1.29, 1.82) is 0 Å². The maximum atomic E-state index is 14.0. The molecule has 0 bridgehead atoms. The highest BCUT2D eigenvalue weighted by Gasteiger charge is 2.52. The summed E-state index contributed by atoms with van der Waals surface area (Å²) in [4.78, 5) is 42.8. The first kappa shape index (κ1) is 30.1. The van der Waals surface area contributed by atoms with E-state index < -0.39 is 17.4 Å². The van der Waals surface area contributed by atoms with Crippen molar-refractivity contribution in [1.82, 2.24) is 9.47 Å². The van der Waals surface area contributed by atoms with Gasteiger partial charge in [0.05, 0.1) is 39.1 Å². The number of ether oxygens (including phenoxy) is 2. The molecule has 2 aliphatic rings. The fourth-order valence-electron chi connectivity index (χ4n) is 6.01. The zero-order chi connectivity index (χ0) is 30.7. The number of aromatic nitrogens is 1. The van der Waals surface area contributed by atoms with E-state index >= 15 is 0 Å². The van der Waals surface area contributed by atoms with E-state index in [0.29, 0.717) is 29.2 Å². The first-order valence-corrected chi connectivity index (χ1v) is 14.4. The minimum atomic E-state index is -1.90. The van der Waals surface area contributed by atoms with Crippen LogP contribution in [0.5, 0.6) is 11.5 Å². The van der Waals surface area contributed by atoms with Gasteiger partial charge in [0.15, 0.2) is 11.4 Å². The lowest BCUT2D eigenvalue weighted by molar-refractivity contribution is -0.139. The van der Waals surface area contributed by atoms with Crippen LogP contribution in [0.2, 0.25) is 0 Å². The maximum absolute atomic E-state index is 14.0. The second-order valence-electron chi connectivity index (χ2n) is 10.9. The predicted octanol–water partition coefficient (Wildman–Crippen LogP) is 3.15. The lowest BCUT2D eigenvalue weighted by Crippen LogP contribution is -2.44. The largest absolute Gasteiger partial charge is 0.497 e. The molecule has 3 aromatic rings. The zero-order valence-corrected chi connectivity index (χ0v) is 24.6. The van der Waals surface area contributed by atoms with Gasteiger partial charge in [0, 0.05) is 36.3 Å². The lowest BCUT2D eigenvalue weighted by atomic mass is 9.83. The number of hydrogen-bond acceptors (Lipinski definition) is 7. The van der Waals surface area contributed by atoms with Crippen LogP contribution in [0.25, 0.3) is 5.69 Å². The molecule has 0 unspecified atom stereocenters. The number of likely N-dealkylation sites (tertiary alicyclic amines) is 1. The molecule has 0 aliphatic carbocycles. The molecule has 1 saturated heterocycles. The van der Waals surface area contributed by atoms with Crippen LogP contribution in [-0.2, 0) is 21.7 Å². The Morgan fingerprint density at radius 2 is 1.93 bits per heavy atom. The average Bonchev–Trinajstić information content (AvgIpc) is 3.59. The number of nitrogens with zero attached hydrogens (tertiary/aromatic N) is 3. The molecule has 0 radical (unpaired) electrons. The molecule has 10 heteroatoms. The molecule has 2 aliphatic heterocycles. The number of aliphatic hydroxyl groups excluding tert-OH is 1. The number of carbonyl (C=O) groups excluding carboxylic acids is 2. The highest BCUT2D eigenvalue weighted by atomic mass is 16.5. The van der Waals surface area contributed by atoms with Gasteiger partial charge in [-0.15, -0.1) is 0 Å². The Balaban J connectivity index is 1.42. The van der Waals surface area contributed by atoms with Crippen molar-refractivity contribution >= 4 is 17.5 Å². The number of aliphatic hydroxyl groups is 2. The third kappa shape index (κ3) is 5.55. The smallest absolute Gasteiger partial charge is 0.297 e. The molecule has 3 heterocycles. The van der Waals surface area contributed by atoms with Gasteiger partial charge in [-0.3, -0.25) is 19.0 Å². The van der Waals surface area contributed by atoms with Crippen LogP contribution >= 0.6 is 0 Å². The summed E-state index contributed by atoms with van der Waals surface area (Å²) in [7, 11) is 2.96. The molecule has 43 heavy (non-hydrogen) atoms. The molecule has 1 fully saturated rings. The highest BCUT2D eigenvalue weighted by molar-refractivity contribution is 6.07. The molecular weight excluding hydrogens is 550 g/mol. The van der Waals surface area contributed by atoms with E-state index in [1.54, 1.807) is 66.6 Å². The molecule has 0 spiro atoms. The van der Waals surface area contributed by atoms with Gasteiger partial charge in [-0.2, -0.15) is 0 Å². The normalized spacial score (nSPS) is 20.5. The molecule has 226 valence electrons. The minimum Gasteiger partial charge on any atom is -0.497 e. The Morgan fingerprint density at radius 1 is 1.12 bits per heavy atom. The number of anilines is 1. The average molecular weight is 588 g/mol. The molecule has 0 saturated carbocycles. The Morgan fingerprint density at radius 3 is 2.67 bits per heavy atom.